The zero-order valence-electron chi connectivity index (χ0n) is 12.9. The van der Waals surface area contributed by atoms with Gasteiger partial charge in [-0.3, -0.25) is 4.79 Å². The molecule has 0 N–H and O–H groups in total. The van der Waals surface area contributed by atoms with E-state index < -0.39 is 0 Å². The van der Waals surface area contributed by atoms with E-state index in [9.17, 15) is 4.79 Å². The zero-order valence-corrected chi connectivity index (χ0v) is 12.9. The number of nitriles is 1. The van der Waals surface area contributed by atoms with Crippen molar-refractivity contribution < 1.29 is 4.74 Å². The highest BCUT2D eigenvalue weighted by molar-refractivity contribution is 5.61. The fourth-order valence-electron chi connectivity index (χ4n) is 2.10. The Labute approximate surface area is 129 Å². The molecule has 0 saturated carbocycles. The average Bonchev–Trinajstić information content (AvgIpc) is 2.52. The molecule has 1 aromatic heterocycles. The summed E-state index contributed by atoms with van der Waals surface area (Å²) in [5.74, 6) is 0.781. The van der Waals surface area contributed by atoms with Crippen LogP contribution in [0.1, 0.15) is 25.3 Å². The van der Waals surface area contributed by atoms with Gasteiger partial charge in [-0.1, -0.05) is 25.5 Å². The Bertz CT molecular complexity index is 744. The van der Waals surface area contributed by atoms with Crippen LogP contribution >= 0.6 is 0 Å². The molecule has 5 heteroatoms. The van der Waals surface area contributed by atoms with Crippen LogP contribution in [0.3, 0.4) is 0 Å². The topological polar surface area (TPSA) is 67.9 Å². The van der Waals surface area contributed by atoms with Gasteiger partial charge in [0.05, 0.1) is 24.8 Å². The average molecular weight is 297 g/mol. The fourth-order valence-corrected chi connectivity index (χ4v) is 2.10. The van der Waals surface area contributed by atoms with Crippen molar-refractivity contribution in [1.82, 2.24) is 9.78 Å². The first-order valence-corrected chi connectivity index (χ1v) is 7.33. The minimum absolute atomic E-state index is 0.0783. The molecule has 1 heterocycles. The van der Waals surface area contributed by atoms with E-state index in [0.29, 0.717) is 17.9 Å². The van der Waals surface area contributed by atoms with Crippen molar-refractivity contribution in [3.63, 3.8) is 0 Å². The predicted octanol–water partition coefficient (Wildman–Crippen LogP) is 2.69. The molecule has 0 aliphatic rings. The Morgan fingerprint density at radius 2 is 2.18 bits per heavy atom. The minimum Gasteiger partial charge on any atom is -0.494 e. The minimum atomic E-state index is -0.236. The SMILES string of the molecule is CCCCOc1cccc(-c2cc(CC#N)c(=O)n(C)n2)c1. The largest absolute Gasteiger partial charge is 0.494 e. The molecule has 2 aromatic rings. The second kappa shape index (κ2) is 7.41. The molecule has 0 spiro atoms. The molecule has 0 aliphatic carbocycles. The molecular formula is C17H19N3O2. The first-order chi connectivity index (χ1) is 10.7. The highest BCUT2D eigenvalue weighted by Gasteiger charge is 2.08. The van der Waals surface area contributed by atoms with Crippen molar-refractivity contribution in [3.05, 3.63) is 46.2 Å². The molecule has 114 valence electrons. The summed E-state index contributed by atoms with van der Waals surface area (Å²) in [4.78, 5) is 11.9. The molecule has 0 fully saturated rings. The summed E-state index contributed by atoms with van der Waals surface area (Å²) in [6.45, 7) is 2.80. The summed E-state index contributed by atoms with van der Waals surface area (Å²) in [5.41, 5.74) is 1.74. The monoisotopic (exact) mass is 297 g/mol. The van der Waals surface area contributed by atoms with Crippen LogP contribution in [0, 0.1) is 11.3 Å². The standard InChI is InChI=1S/C17H19N3O2/c1-3-4-10-22-15-7-5-6-13(11-15)16-12-14(8-9-18)17(21)20(2)19-16/h5-7,11-12H,3-4,8,10H2,1-2H3. The Morgan fingerprint density at radius 1 is 1.36 bits per heavy atom. The van der Waals surface area contributed by atoms with Crippen molar-refractivity contribution in [1.29, 1.82) is 5.26 Å². The van der Waals surface area contributed by atoms with Crippen LogP contribution in [0.4, 0.5) is 0 Å². The van der Waals surface area contributed by atoms with Crippen molar-refractivity contribution in [2.45, 2.75) is 26.2 Å². The molecule has 2 rings (SSSR count). The summed E-state index contributed by atoms with van der Waals surface area (Å²) >= 11 is 0. The molecule has 0 bridgehead atoms. The van der Waals surface area contributed by atoms with Gasteiger partial charge in [-0.15, -0.1) is 0 Å². The van der Waals surface area contributed by atoms with Gasteiger partial charge in [-0.05, 0) is 24.6 Å². The molecule has 1 aromatic carbocycles. The number of ether oxygens (including phenoxy) is 1. The lowest BCUT2D eigenvalue weighted by atomic mass is 10.1. The maximum atomic E-state index is 11.9. The van der Waals surface area contributed by atoms with Gasteiger partial charge in [0, 0.05) is 18.2 Å². The number of benzene rings is 1. The molecule has 0 aliphatic heterocycles. The summed E-state index contributed by atoms with van der Waals surface area (Å²) in [5, 5.41) is 13.1. The van der Waals surface area contributed by atoms with Crippen LogP contribution in [-0.2, 0) is 13.5 Å². The van der Waals surface area contributed by atoms with E-state index >= 15 is 0 Å². The van der Waals surface area contributed by atoms with Crippen LogP contribution in [0.5, 0.6) is 5.75 Å². The summed E-state index contributed by atoms with van der Waals surface area (Å²) in [7, 11) is 1.59. The number of rotatable bonds is 6. The van der Waals surface area contributed by atoms with Crippen molar-refractivity contribution in [3.8, 4) is 23.1 Å². The molecule has 0 atom stereocenters. The van der Waals surface area contributed by atoms with E-state index in [2.05, 4.69) is 12.0 Å². The van der Waals surface area contributed by atoms with Crippen LogP contribution in [-0.4, -0.2) is 16.4 Å². The molecule has 5 nitrogen and oxygen atoms in total. The lowest BCUT2D eigenvalue weighted by Gasteiger charge is -2.09. The first-order valence-electron chi connectivity index (χ1n) is 7.33. The third-order valence-electron chi connectivity index (χ3n) is 3.30. The third kappa shape index (κ3) is 3.73. The third-order valence-corrected chi connectivity index (χ3v) is 3.30. The lowest BCUT2D eigenvalue weighted by molar-refractivity contribution is 0.309. The van der Waals surface area contributed by atoms with E-state index in [1.807, 2.05) is 30.3 Å². The highest BCUT2D eigenvalue weighted by atomic mass is 16.5. The lowest BCUT2D eigenvalue weighted by Crippen LogP contribution is -2.23. The molecule has 0 saturated heterocycles. The second-order valence-electron chi connectivity index (χ2n) is 5.05. The van der Waals surface area contributed by atoms with Gasteiger partial charge in [0.2, 0.25) is 0 Å². The number of nitrogens with zero attached hydrogens (tertiary/aromatic N) is 3. The van der Waals surface area contributed by atoms with Crippen LogP contribution < -0.4 is 10.3 Å². The van der Waals surface area contributed by atoms with Crippen molar-refractivity contribution in [2.24, 2.45) is 7.05 Å². The van der Waals surface area contributed by atoms with Crippen molar-refractivity contribution >= 4 is 0 Å². The maximum absolute atomic E-state index is 11.9. The van der Waals surface area contributed by atoms with Gasteiger partial charge in [-0.2, -0.15) is 10.4 Å². The smallest absolute Gasteiger partial charge is 0.270 e. The van der Waals surface area contributed by atoms with E-state index in [1.165, 1.54) is 4.68 Å². The van der Waals surface area contributed by atoms with E-state index in [-0.39, 0.29) is 12.0 Å². The van der Waals surface area contributed by atoms with Gasteiger partial charge in [0.15, 0.2) is 0 Å². The van der Waals surface area contributed by atoms with Crippen molar-refractivity contribution in [2.75, 3.05) is 6.61 Å². The van der Waals surface area contributed by atoms with Gasteiger partial charge in [0.1, 0.15) is 5.75 Å². The number of aryl methyl sites for hydroxylation is 1. The Morgan fingerprint density at radius 3 is 2.91 bits per heavy atom. The molecule has 22 heavy (non-hydrogen) atoms. The molecular weight excluding hydrogens is 278 g/mol. The predicted molar refractivity (Wildman–Crippen MR) is 84.6 cm³/mol. The van der Waals surface area contributed by atoms with E-state index in [4.69, 9.17) is 10.00 Å². The van der Waals surface area contributed by atoms with Crippen LogP contribution in [0.25, 0.3) is 11.3 Å². The fraction of sp³-hybridized carbons (Fsp3) is 0.353. The Balaban J connectivity index is 2.33. The number of hydrogen-bond acceptors (Lipinski definition) is 4. The summed E-state index contributed by atoms with van der Waals surface area (Å²) in [6, 6.07) is 11.3. The zero-order chi connectivity index (χ0) is 15.9. The van der Waals surface area contributed by atoms with E-state index in [1.54, 1.807) is 13.1 Å². The quantitative estimate of drug-likeness (QED) is 0.769. The van der Waals surface area contributed by atoms with Gasteiger partial charge in [0.25, 0.3) is 5.56 Å². The van der Waals surface area contributed by atoms with Gasteiger partial charge >= 0.3 is 0 Å². The van der Waals surface area contributed by atoms with Crippen LogP contribution in [0.15, 0.2) is 35.1 Å². The maximum Gasteiger partial charge on any atom is 0.270 e. The number of hydrogen-bond donors (Lipinski definition) is 0. The first kappa shape index (κ1) is 15.8. The van der Waals surface area contributed by atoms with E-state index in [0.717, 1.165) is 24.2 Å². The van der Waals surface area contributed by atoms with Gasteiger partial charge in [-0.25, -0.2) is 4.68 Å². The summed E-state index contributed by atoms with van der Waals surface area (Å²) in [6.07, 6.45) is 2.17. The molecule has 0 radical (unpaired) electrons. The normalized spacial score (nSPS) is 10.2. The highest BCUT2D eigenvalue weighted by Crippen LogP contribution is 2.22. The second-order valence-corrected chi connectivity index (χ2v) is 5.05. The molecule has 0 amide bonds. The van der Waals surface area contributed by atoms with Gasteiger partial charge < -0.3 is 4.74 Å². The Hall–Kier alpha value is -2.61. The summed E-state index contributed by atoms with van der Waals surface area (Å²) < 4.78 is 6.96. The number of unbranched alkanes of at least 4 members (excludes halogenated alkanes) is 1. The van der Waals surface area contributed by atoms with Crippen LogP contribution in [0.2, 0.25) is 0 Å². The number of aromatic nitrogens is 2. The Kier molecular flexibility index (Phi) is 5.31. The molecule has 0 unspecified atom stereocenters.